The topological polar surface area (TPSA) is 58.6 Å². The summed E-state index contributed by atoms with van der Waals surface area (Å²) in [5.41, 5.74) is 0.426. The van der Waals surface area contributed by atoms with Gasteiger partial charge in [-0.05, 0) is 30.7 Å². The lowest BCUT2D eigenvalue weighted by molar-refractivity contribution is -0.274. The van der Waals surface area contributed by atoms with Crippen LogP contribution in [0.4, 0.5) is 18.9 Å². The number of hydrogen-bond donors (Lipinski definition) is 2. The summed E-state index contributed by atoms with van der Waals surface area (Å²) in [4.78, 5) is 10.9. The van der Waals surface area contributed by atoms with Crippen molar-refractivity contribution >= 4 is 11.7 Å². The van der Waals surface area contributed by atoms with Gasteiger partial charge in [0.25, 0.3) is 0 Å². The molecular formula is C12H14F3NO3. The van der Waals surface area contributed by atoms with Crippen molar-refractivity contribution in [2.45, 2.75) is 32.2 Å². The lowest BCUT2D eigenvalue weighted by Crippen LogP contribution is -2.28. The zero-order chi connectivity index (χ0) is 14.5. The molecule has 0 amide bonds. The number of aliphatic carboxylic acids is 1. The van der Waals surface area contributed by atoms with Gasteiger partial charge in [-0.2, -0.15) is 0 Å². The predicted octanol–water partition coefficient (Wildman–Crippen LogP) is 3.25. The van der Waals surface area contributed by atoms with Crippen molar-refractivity contribution in [3.8, 4) is 5.75 Å². The normalized spacial score (nSPS) is 12.8. The summed E-state index contributed by atoms with van der Waals surface area (Å²) in [7, 11) is 0. The SMILES string of the molecule is CCCC(Nc1ccc(OC(F)(F)F)cc1)C(=O)O. The van der Waals surface area contributed by atoms with E-state index in [1.807, 2.05) is 6.92 Å². The van der Waals surface area contributed by atoms with Gasteiger partial charge in [0.1, 0.15) is 11.8 Å². The average Bonchev–Trinajstić information content (AvgIpc) is 2.29. The first-order chi connectivity index (χ1) is 8.81. The molecule has 0 aliphatic rings. The van der Waals surface area contributed by atoms with E-state index in [4.69, 9.17) is 5.11 Å². The molecule has 0 heterocycles. The minimum atomic E-state index is -4.74. The summed E-state index contributed by atoms with van der Waals surface area (Å²) in [5, 5.41) is 11.7. The van der Waals surface area contributed by atoms with Gasteiger partial charge in [-0.15, -0.1) is 13.2 Å². The van der Waals surface area contributed by atoms with Gasteiger partial charge in [0, 0.05) is 5.69 Å². The molecule has 2 N–H and O–H groups in total. The van der Waals surface area contributed by atoms with Crippen LogP contribution in [0.1, 0.15) is 19.8 Å². The Morgan fingerprint density at radius 3 is 2.37 bits per heavy atom. The molecule has 1 unspecified atom stereocenters. The van der Waals surface area contributed by atoms with E-state index in [0.717, 1.165) is 12.1 Å². The summed E-state index contributed by atoms with van der Waals surface area (Å²) in [6.45, 7) is 1.85. The Balaban J connectivity index is 2.68. The van der Waals surface area contributed by atoms with Crippen molar-refractivity contribution in [1.29, 1.82) is 0 Å². The van der Waals surface area contributed by atoms with Crippen molar-refractivity contribution in [3.63, 3.8) is 0 Å². The molecule has 0 bridgehead atoms. The fourth-order valence-electron chi connectivity index (χ4n) is 1.50. The summed E-state index contributed by atoms with van der Waals surface area (Å²) in [6.07, 6.45) is -3.63. The highest BCUT2D eigenvalue weighted by atomic mass is 19.4. The maximum atomic E-state index is 11.9. The minimum absolute atomic E-state index is 0.347. The van der Waals surface area contributed by atoms with E-state index < -0.39 is 18.4 Å². The third kappa shape index (κ3) is 5.50. The van der Waals surface area contributed by atoms with Crippen LogP contribution in [0.3, 0.4) is 0 Å². The molecule has 1 rings (SSSR count). The monoisotopic (exact) mass is 277 g/mol. The van der Waals surface area contributed by atoms with Gasteiger partial charge in [-0.25, -0.2) is 4.79 Å². The van der Waals surface area contributed by atoms with Crippen LogP contribution in [0, 0.1) is 0 Å². The van der Waals surface area contributed by atoms with Crippen LogP contribution in [-0.4, -0.2) is 23.5 Å². The largest absolute Gasteiger partial charge is 0.573 e. The van der Waals surface area contributed by atoms with Crippen LogP contribution in [0.5, 0.6) is 5.75 Å². The Labute approximate surface area is 108 Å². The molecule has 0 radical (unpaired) electrons. The molecule has 19 heavy (non-hydrogen) atoms. The maximum absolute atomic E-state index is 11.9. The summed E-state index contributed by atoms with van der Waals surface area (Å²) >= 11 is 0. The third-order valence-electron chi connectivity index (χ3n) is 2.30. The van der Waals surface area contributed by atoms with Crippen molar-refractivity contribution in [2.24, 2.45) is 0 Å². The van der Waals surface area contributed by atoms with Crippen LogP contribution < -0.4 is 10.1 Å². The molecule has 4 nitrogen and oxygen atoms in total. The van der Waals surface area contributed by atoms with Crippen molar-refractivity contribution < 1.29 is 27.8 Å². The molecule has 0 aliphatic carbocycles. The van der Waals surface area contributed by atoms with E-state index in [1.54, 1.807) is 0 Å². The molecule has 0 saturated carbocycles. The van der Waals surface area contributed by atoms with Crippen LogP contribution in [-0.2, 0) is 4.79 Å². The van der Waals surface area contributed by atoms with Crippen LogP contribution in [0.15, 0.2) is 24.3 Å². The molecule has 106 valence electrons. The standard InChI is InChI=1S/C12H14F3NO3/c1-2-3-10(11(17)18)16-8-4-6-9(7-5-8)19-12(13,14)15/h4-7,10,16H,2-3H2,1H3,(H,17,18). The highest BCUT2D eigenvalue weighted by Crippen LogP contribution is 2.24. The predicted molar refractivity (Wildman–Crippen MR) is 63.1 cm³/mol. The zero-order valence-electron chi connectivity index (χ0n) is 10.2. The Morgan fingerprint density at radius 1 is 1.37 bits per heavy atom. The van der Waals surface area contributed by atoms with Crippen molar-refractivity contribution in [3.05, 3.63) is 24.3 Å². The Kier molecular flexibility index (Phi) is 5.02. The number of anilines is 1. The molecule has 0 saturated heterocycles. The average molecular weight is 277 g/mol. The van der Waals surface area contributed by atoms with Gasteiger partial charge in [0.15, 0.2) is 0 Å². The van der Waals surface area contributed by atoms with E-state index in [-0.39, 0.29) is 5.75 Å². The number of rotatable bonds is 6. The van der Waals surface area contributed by atoms with Gasteiger partial charge in [0.05, 0.1) is 0 Å². The highest BCUT2D eigenvalue weighted by molar-refractivity contribution is 5.77. The van der Waals surface area contributed by atoms with E-state index >= 15 is 0 Å². The van der Waals surface area contributed by atoms with Crippen LogP contribution >= 0.6 is 0 Å². The van der Waals surface area contributed by atoms with E-state index in [0.29, 0.717) is 18.5 Å². The van der Waals surface area contributed by atoms with Crippen molar-refractivity contribution in [2.75, 3.05) is 5.32 Å². The number of carboxylic acids is 1. The summed E-state index contributed by atoms with van der Waals surface area (Å²) in [6, 6.07) is 4.17. The lowest BCUT2D eigenvalue weighted by Gasteiger charge is -2.15. The fraction of sp³-hybridized carbons (Fsp3) is 0.417. The van der Waals surface area contributed by atoms with Crippen LogP contribution in [0.2, 0.25) is 0 Å². The number of ether oxygens (including phenoxy) is 1. The van der Waals surface area contributed by atoms with Gasteiger partial charge >= 0.3 is 12.3 Å². The number of alkyl halides is 3. The minimum Gasteiger partial charge on any atom is -0.480 e. The Morgan fingerprint density at radius 2 is 1.95 bits per heavy atom. The first kappa shape index (κ1) is 15.1. The molecule has 1 atom stereocenters. The maximum Gasteiger partial charge on any atom is 0.573 e. The Hall–Kier alpha value is -1.92. The number of carboxylic acid groups (broad SMARTS) is 1. The van der Waals surface area contributed by atoms with E-state index in [1.165, 1.54) is 12.1 Å². The molecule has 0 aromatic heterocycles. The highest BCUT2D eigenvalue weighted by Gasteiger charge is 2.31. The van der Waals surface area contributed by atoms with Gasteiger partial charge in [-0.3, -0.25) is 0 Å². The lowest BCUT2D eigenvalue weighted by atomic mass is 10.1. The van der Waals surface area contributed by atoms with Crippen LogP contribution in [0.25, 0.3) is 0 Å². The fourth-order valence-corrected chi connectivity index (χ4v) is 1.50. The molecule has 0 spiro atoms. The molecule has 0 fully saturated rings. The second-order valence-corrected chi connectivity index (χ2v) is 3.90. The summed E-state index contributed by atoms with van der Waals surface area (Å²) < 4.78 is 39.5. The van der Waals surface area contributed by atoms with E-state index in [2.05, 4.69) is 10.1 Å². The van der Waals surface area contributed by atoms with Crippen molar-refractivity contribution in [1.82, 2.24) is 0 Å². The first-order valence-electron chi connectivity index (χ1n) is 5.67. The van der Waals surface area contributed by atoms with Gasteiger partial charge < -0.3 is 15.2 Å². The molecule has 7 heteroatoms. The Bertz CT molecular complexity index is 417. The zero-order valence-corrected chi connectivity index (χ0v) is 10.2. The second-order valence-electron chi connectivity index (χ2n) is 3.90. The number of benzene rings is 1. The van der Waals surface area contributed by atoms with Gasteiger partial charge in [0.2, 0.25) is 0 Å². The number of carbonyl (C=O) groups is 1. The first-order valence-corrected chi connectivity index (χ1v) is 5.67. The molecule has 0 aliphatic heterocycles. The van der Waals surface area contributed by atoms with E-state index in [9.17, 15) is 18.0 Å². The molecule has 1 aromatic carbocycles. The second kappa shape index (κ2) is 6.31. The number of nitrogens with one attached hydrogen (secondary N) is 1. The van der Waals surface area contributed by atoms with Gasteiger partial charge in [-0.1, -0.05) is 13.3 Å². The summed E-state index contributed by atoms with van der Waals surface area (Å²) in [5.74, 6) is -1.35. The number of halogens is 3. The smallest absolute Gasteiger partial charge is 0.480 e. The number of hydrogen-bond acceptors (Lipinski definition) is 3. The molecule has 1 aromatic rings. The molecular weight excluding hydrogens is 263 g/mol. The third-order valence-corrected chi connectivity index (χ3v) is 2.30. The quantitative estimate of drug-likeness (QED) is 0.838.